The summed E-state index contributed by atoms with van der Waals surface area (Å²) in [7, 11) is 0. The molecule has 0 aliphatic carbocycles. The number of hydrogen-bond acceptors (Lipinski definition) is 3. The van der Waals surface area contributed by atoms with E-state index in [1.165, 1.54) is 0 Å². The van der Waals surface area contributed by atoms with Gasteiger partial charge in [-0.05, 0) is 18.2 Å². The Morgan fingerprint density at radius 2 is 1.67 bits per heavy atom. The number of carbonyl (C=O) groups excluding carboxylic acids is 1. The van der Waals surface area contributed by atoms with E-state index in [-0.39, 0.29) is 5.91 Å². The molecule has 0 saturated heterocycles. The smallest absolute Gasteiger partial charge is 0.248 e. The molecule has 92 valence electrons. The number of amides is 1. The van der Waals surface area contributed by atoms with Crippen molar-refractivity contribution in [3.63, 3.8) is 0 Å². The molecule has 4 heteroatoms. The second-order valence-electron chi connectivity index (χ2n) is 3.68. The highest BCUT2D eigenvalue weighted by Gasteiger charge is 2.10. The Hall–Kier alpha value is -2.33. The fourth-order valence-corrected chi connectivity index (χ4v) is 1.46. The third-order valence-corrected chi connectivity index (χ3v) is 2.39. The lowest BCUT2D eigenvalue weighted by Crippen LogP contribution is -2.09. The number of carbonyl (C=O) groups is 1. The minimum atomic E-state index is -0.379. The van der Waals surface area contributed by atoms with Gasteiger partial charge in [0.2, 0.25) is 5.91 Å². The molecule has 2 N–H and O–H groups in total. The Morgan fingerprint density at radius 3 is 2.28 bits per heavy atom. The van der Waals surface area contributed by atoms with Crippen LogP contribution in [0.1, 0.15) is 15.9 Å². The lowest BCUT2D eigenvalue weighted by molar-refractivity contribution is -0.194. The second kappa shape index (κ2) is 5.84. The van der Waals surface area contributed by atoms with Crippen molar-refractivity contribution in [2.75, 3.05) is 0 Å². The van der Waals surface area contributed by atoms with Gasteiger partial charge in [-0.3, -0.25) is 4.79 Å². The Labute approximate surface area is 105 Å². The van der Waals surface area contributed by atoms with Gasteiger partial charge in [0.05, 0.1) is 0 Å². The first-order valence-corrected chi connectivity index (χ1v) is 5.49. The summed E-state index contributed by atoms with van der Waals surface area (Å²) in [5.41, 5.74) is 6.65. The van der Waals surface area contributed by atoms with Crippen LogP contribution < -0.4 is 10.6 Å². The van der Waals surface area contributed by atoms with Crippen LogP contribution in [0.2, 0.25) is 0 Å². The van der Waals surface area contributed by atoms with Crippen LogP contribution in [0, 0.1) is 0 Å². The predicted molar refractivity (Wildman–Crippen MR) is 66.8 cm³/mol. The largest absolute Gasteiger partial charge is 0.366 e. The Kier molecular flexibility index (Phi) is 3.94. The zero-order valence-electron chi connectivity index (χ0n) is 9.71. The first-order chi connectivity index (χ1) is 8.77. The van der Waals surface area contributed by atoms with E-state index in [0.717, 1.165) is 11.3 Å². The lowest BCUT2D eigenvalue weighted by atomic mass is 10.2. The molecule has 0 spiro atoms. The fraction of sp³-hybridized carbons (Fsp3) is 0.0714. The van der Waals surface area contributed by atoms with Gasteiger partial charge in [0.25, 0.3) is 0 Å². The molecule has 1 heterocycles. The number of fused-ring (bicyclic) bond motifs is 1. The highest BCUT2D eigenvalue weighted by Crippen LogP contribution is 2.24. The van der Waals surface area contributed by atoms with E-state index in [2.05, 4.69) is 0 Å². The third kappa shape index (κ3) is 3.09. The van der Waals surface area contributed by atoms with Crippen LogP contribution in [0.15, 0.2) is 54.6 Å². The van der Waals surface area contributed by atoms with Crippen molar-refractivity contribution < 1.29 is 14.6 Å². The first kappa shape index (κ1) is 12.1. The summed E-state index contributed by atoms with van der Waals surface area (Å²) in [6, 6.07) is 16.5. The number of para-hydroxylation sites is 1. The average Bonchev–Trinajstić information content (AvgIpc) is 2.89. The summed E-state index contributed by atoms with van der Waals surface area (Å²) in [4.78, 5) is 19.9. The van der Waals surface area contributed by atoms with Crippen molar-refractivity contribution in [3.05, 3.63) is 65.7 Å². The van der Waals surface area contributed by atoms with Gasteiger partial charge >= 0.3 is 0 Å². The summed E-state index contributed by atoms with van der Waals surface area (Å²) in [6.07, 6.45) is 0. The Morgan fingerprint density at radius 1 is 1.00 bits per heavy atom. The molecule has 0 saturated carbocycles. The van der Waals surface area contributed by atoms with Crippen molar-refractivity contribution in [1.29, 1.82) is 0 Å². The van der Waals surface area contributed by atoms with Crippen LogP contribution in [0.5, 0.6) is 5.75 Å². The molecule has 0 aromatic heterocycles. The SMILES string of the molecule is NC(=O)c1ccccc1.c1ccc2c(c1)COO2. The molecule has 1 aliphatic heterocycles. The normalized spacial score (nSPS) is 11.8. The molecule has 4 nitrogen and oxygen atoms in total. The molecule has 0 atom stereocenters. The Bertz CT molecular complexity index is 503. The third-order valence-electron chi connectivity index (χ3n) is 2.39. The molecule has 18 heavy (non-hydrogen) atoms. The summed E-state index contributed by atoms with van der Waals surface area (Å²) in [6.45, 7) is 0.580. The van der Waals surface area contributed by atoms with E-state index >= 15 is 0 Å². The summed E-state index contributed by atoms with van der Waals surface area (Å²) in [5, 5.41) is 0. The minimum Gasteiger partial charge on any atom is -0.366 e. The molecule has 0 radical (unpaired) electrons. The number of primary amides is 1. The van der Waals surface area contributed by atoms with Crippen LogP contribution in [0.4, 0.5) is 0 Å². The standard InChI is InChI=1S/C7H7NO.C7H6O2/c8-7(9)6-4-2-1-3-5-6;1-2-4-7-6(3-1)5-8-9-7/h1-5H,(H2,8,9);1-4H,5H2. The van der Waals surface area contributed by atoms with Crippen LogP contribution in [-0.4, -0.2) is 5.91 Å². The van der Waals surface area contributed by atoms with E-state index < -0.39 is 0 Å². The van der Waals surface area contributed by atoms with E-state index in [4.69, 9.17) is 15.5 Å². The topological polar surface area (TPSA) is 61.6 Å². The lowest BCUT2D eigenvalue weighted by Gasteiger charge is -1.89. The number of hydrogen-bond donors (Lipinski definition) is 1. The van der Waals surface area contributed by atoms with E-state index in [1.54, 1.807) is 24.3 Å². The van der Waals surface area contributed by atoms with Gasteiger partial charge in [0.1, 0.15) is 6.61 Å². The maximum atomic E-state index is 10.4. The zero-order chi connectivity index (χ0) is 12.8. The fourth-order valence-electron chi connectivity index (χ4n) is 1.46. The molecule has 2 aromatic rings. The molecule has 0 fully saturated rings. The number of nitrogens with two attached hydrogens (primary N) is 1. The quantitative estimate of drug-likeness (QED) is 0.782. The van der Waals surface area contributed by atoms with Gasteiger partial charge in [-0.25, -0.2) is 0 Å². The average molecular weight is 243 g/mol. The van der Waals surface area contributed by atoms with Crippen LogP contribution in [0.3, 0.4) is 0 Å². The van der Waals surface area contributed by atoms with Gasteiger partial charge in [-0.15, -0.1) is 0 Å². The number of rotatable bonds is 1. The van der Waals surface area contributed by atoms with Crippen molar-refractivity contribution in [1.82, 2.24) is 0 Å². The number of benzene rings is 2. The molecular weight excluding hydrogens is 230 g/mol. The van der Waals surface area contributed by atoms with Crippen LogP contribution >= 0.6 is 0 Å². The van der Waals surface area contributed by atoms with Crippen molar-refractivity contribution >= 4 is 5.91 Å². The maximum absolute atomic E-state index is 10.4. The van der Waals surface area contributed by atoms with E-state index in [1.807, 2.05) is 30.3 Å². The molecule has 1 aliphatic rings. The summed E-state index contributed by atoms with van der Waals surface area (Å²) < 4.78 is 0. The molecule has 3 rings (SSSR count). The monoisotopic (exact) mass is 243 g/mol. The maximum Gasteiger partial charge on any atom is 0.248 e. The van der Waals surface area contributed by atoms with Crippen LogP contribution in [-0.2, 0) is 11.5 Å². The molecule has 1 amide bonds. The predicted octanol–water partition coefficient (Wildman–Crippen LogP) is 2.30. The highest BCUT2D eigenvalue weighted by molar-refractivity contribution is 5.92. The summed E-state index contributed by atoms with van der Waals surface area (Å²) in [5.74, 6) is 0.466. The van der Waals surface area contributed by atoms with Gasteiger partial charge in [0, 0.05) is 11.1 Å². The zero-order valence-corrected chi connectivity index (χ0v) is 9.71. The molecule has 0 unspecified atom stereocenters. The molecule has 2 aromatic carbocycles. The van der Waals surface area contributed by atoms with Crippen molar-refractivity contribution in [3.8, 4) is 5.75 Å². The Balaban J connectivity index is 0.000000134. The highest BCUT2D eigenvalue weighted by atomic mass is 17.2. The van der Waals surface area contributed by atoms with Crippen molar-refractivity contribution in [2.45, 2.75) is 6.61 Å². The first-order valence-electron chi connectivity index (χ1n) is 5.49. The van der Waals surface area contributed by atoms with Gasteiger partial charge in [-0.1, -0.05) is 36.4 Å². The molecule has 0 bridgehead atoms. The van der Waals surface area contributed by atoms with Crippen molar-refractivity contribution in [2.24, 2.45) is 5.73 Å². The molecular formula is C14H13NO3. The van der Waals surface area contributed by atoms with Crippen LogP contribution in [0.25, 0.3) is 0 Å². The van der Waals surface area contributed by atoms with Gasteiger partial charge in [-0.2, -0.15) is 4.89 Å². The van der Waals surface area contributed by atoms with Gasteiger partial charge in [0.15, 0.2) is 5.75 Å². The van der Waals surface area contributed by atoms with Gasteiger partial charge < -0.3 is 10.6 Å². The van der Waals surface area contributed by atoms with E-state index in [0.29, 0.717) is 12.2 Å². The van der Waals surface area contributed by atoms with E-state index in [9.17, 15) is 4.79 Å². The summed E-state index contributed by atoms with van der Waals surface area (Å²) >= 11 is 0. The second-order valence-corrected chi connectivity index (χ2v) is 3.68. The minimum absolute atomic E-state index is 0.379.